The number of nitrogens with zero attached hydrogens (tertiary/aromatic N) is 1. The van der Waals surface area contributed by atoms with Crippen LogP contribution in [-0.2, 0) is 20.9 Å². The van der Waals surface area contributed by atoms with Gasteiger partial charge >= 0.3 is 0 Å². The van der Waals surface area contributed by atoms with Gasteiger partial charge in [-0.1, -0.05) is 17.7 Å². The predicted octanol–water partition coefficient (Wildman–Crippen LogP) is 1.89. The minimum atomic E-state index is -3.74. The second kappa shape index (κ2) is 4.68. The van der Waals surface area contributed by atoms with Gasteiger partial charge < -0.3 is 4.42 Å². The summed E-state index contributed by atoms with van der Waals surface area (Å²) in [7, 11) is -3.74. The fraction of sp³-hybridized carbons (Fsp3) is 0.182. The summed E-state index contributed by atoms with van der Waals surface area (Å²) >= 11 is 0. The molecule has 0 unspecified atom stereocenters. The summed E-state index contributed by atoms with van der Waals surface area (Å²) in [6.07, 6.45) is 2.63. The Morgan fingerprint density at radius 2 is 2.00 bits per heavy atom. The molecule has 0 aliphatic carbocycles. The minimum Gasteiger partial charge on any atom is -0.446 e. The lowest BCUT2D eigenvalue weighted by Gasteiger charge is -2.04. The first-order chi connectivity index (χ1) is 8.08. The quantitative estimate of drug-likeness (QED) is 0.778. The molecule has 1 aromatic carbocycles. The van der Waals surface area contributed by atoms with E-state index in [1.807, 2.05) is 6.92 Å². The van der Waals surface area contributed by atoms with Crippen LogP contribution in [-0.4, -0.2) is 13.4 Å². The summed E-state index contributed by atoms with van der Waals surface area (Å²) in [5, 5.41) is 0. The van der Waals surface area contributed by atoms with Gasteiger partial charge in [-0.05, 0) is 19.1 Å². The summed E-state index contributed by atoms with van der Waals surface area (Å²) in [6, 6.07) is 6.44. The van der Waals surface area contributed by atoms with Crippen molar-refractivity contribution in [3.8, 4) is 0 Å². The van der Waals surface area contributed by atoms with E-state index in [0.29, 0.717) is 5.76 Å². The van der Waals surface area contributed by atoms with Gasteiger partial charge in [-0.3, -0.25) is 4.18 Å². The highest BCUT2D eigenvalue weighted by molar-refractivity contribution is 7.86. The standard InChI is InChI=1S/C11H11NO4S/c1-9-2-4-11(5-3-9)17(13,14)16-7-10-6-12-8-15-10/h2-6,8H,7H2,1H3. The van der Waals surface area contributed by atoms with E-state index in [4.69, 9.17) is 8.60 Å². The molecule has 0 saturated heterocycles. The highest BCUT2D eigenvalue weighted by Crippen LogP contribution is 2.14. The third kappa shape index (κ3) is 2.92. The molecule has 6 heteroatoms. The van der Waals surface area contributed by atoms with Gasteiger partial charge in [0.05, 0.1) is 11.1 Å². The average Bonchev–Trinajstić information content (AvgIpc) is 2.80. The number of oxazole rings is 1. The van der Waals surface area contributed by atoms with E-state index >= 15 is 0 Å². The van der Waals surface area contributed by atoms with Crippen LogP contribution in [0.5, 0.6) is 0 Å². The van der Waals surface area contributed by atoms with Gasteiger partial charge in [-0.2, -0.15) is 8.42 Å². The zero-order valence-corrected chi connectivity index (χ0v) is 9.98. The van der Waals surface area contributed by atoms with Crippen molar-refractivity contribution in [1.82, 2.24) is 4.98 Å². The van der Waals surface area contributed by atoms with E-state index in [9.17, 15) is 8.42 Å². The molecule has 0 fully saturated rings. The lowest BCUT2D eigenvalue weighted by molar-refractivity contribution is 0.274. The summed E-state index contributed by atoms with van der Waals surface area (Å²) in [4.78, 5) is 3.79. The Kier molecular flexibility index (Phi) is 3.26. The number of hydrogen-bond acceptors (Lipinski definition) is 5. The van der Waals surface area contributed by atoms with Gasteiger partial charge in [-0.25, -0.2) is 4.98 Å². The molecule has 0 amide bonds. The third-order valence-electron chi connectivity index (χ3n) is 2.15. The minimum absolute atomic E-state index is 0.127. The van der Waals surface area contributed by atoms with Crippen LogP contribution in [0.2, 0.25) is 0 Å². The van der Waals surface area contributed by atoms with Crippen LogP contribution in [0.1, 0.15) is 11.3 Å². The third-order valence-corrected chi connectivity index (χ3v) is 3.43. The monoisotopic (exact) mass is 253 g/mol. The van der Waals surface area contributed by atoms with Gasteiger partial charge in [0.25, 0.3) is 10.1 Å². The lowest BCUT2D eigenvalue weighted by Crippen LogP contribution is -2.06. The molecule has 2 rings (SSSR count). The molecule has 5 nitrogen and oxygen atoms in total. The first kappa shape index (κ1) is 11.8. The zero-order chi connectivity index (χ0) is 12.3. The largest absolute Gasteiger partial charge is 0.446 e. The van der Waals surface area contributed by atoms with Gasteiger partial charge in [0, 0.05) is 0 Å². The van der Waals surface area contributed by atoms with Crippen molar-refractivity contribution < 1.29 is 17.0 Å². The first-order valence-electron chi connectivity index (χ1n) is 4.91. The van der Waals surface area contributed by atoms with E-state index < -0.39 is 10.1 Å². The molecule has 90 valence electrons. The van der Waals surface area contributed by atoms with Crippen LogP contribution >= 0.6 is 0 Å². The van der Waals surface area contributed by atoms with Crippen molar-refractivity contribution in [3.63, 3.8) is 0 Å². The molecule has 2 aromatic rings. The van der Waals surface area contributed by atoms with E-state index in [2.05, 4.69) is 4.98 Å². The number of aryl methyl sites for hydroxylation is 1. The van der Waals surface area contributed by atoms with Crippen molar-refractivity contribution >= 4 is 10.1 Å². The summed E-state index contributed by atoms with van der Waals surface area (Å²) in [6.45, 7) is 1.72. The Morgan fingerprint density at radius 1 is 1.29 bits per heavy atom. The molecule has 0 spiro atoms. The van der Waals surface area contributed by atoms with Crippen molar-refractivity contribution in [3.05, 3.63) is 48.2 Å². The van der Waals surface area contributed by atoms with E-state index in [1.165, 1.54) is 24.7 Å². The summed E-state index contributed by atoms with van der Waals surface area (Å²) in [5.41, 5.74) is 0.985. The fourth-order valence-electron chi connectivity index (χ4n) is 1.22. The first-order valence-corrected chi connectivity index (χ1v) is 6.32. The Morgan fingerprint density at radius 3 is 2.59 bits per heavy atom. The van der Waals surface area contributed by atoms with Crippen molar-refractivity contribution in [2.75, 3.05) is 0 Å². The molecular weight excluding hydrogens is 242 g/mol. The normalized spacial score (nSPS) is 11.6. The molecule has 0 saturated carbocycles. The zero-order valence-electron chi connectivity index (χ0n) is 9.16. The van der Waals surface area contributed by atoms with E-state index in [1.54, 1.807) is 12.1 Å². The number of aromatic nitrogens is 1. The topological polar surface area (TPSA) is 69.4 Å². The molecular formula is C11H11NO4S. The number of hydrogen-bond donors (Lipinski definition) is 0. The summed E-state index contributed by atoms with van der Waals surface area (Å²) in [5.74, 6) is 0.362. The lowest BCUT2D eigenvalue weighted by atomic mass is 10.2. The van der Waals surface area contributed by atoms with Crippen LogP contribution in [0.3, 0.4) is 0 Å². The van der Waals surface area contributed by atoms with Crippen molar-refractivity contribution in [2.24, 2.45) is 0 Å². The fourth-order valence-corrected chi connectivity index (χ4v) is 2.10. The molecule has 0 aliphatic rings. The van der Waals surface area contributed by atoms with Crippen LogP contribution in [0.25, 0.3) is 0 Å². The van der Waals surface area contributed by atoms with E-state index in [-0.39, 0.29) is 11.5 Å². The van der Waals surface area contributed by atoms with Crippen LogP contribution in [0.15, 0.2) is 46.2 Å². The van der Waals surface area contributed by atoms with Crippen LogP contribution in [0.4, 0.5) is 0 Å². The SMILES string of the molecule is Cc1ccc(S(=O)(=O)OCc2cnco2)cc1. The van der Waals surface area contributed by atoms with Gasteiger partial charge in [0.2, 0.25) is 0 Å². The maximum Gasteiger partial charge on any atom is 0.297 e. The Bertz CT molecular complexity index is 572. The van der Waals surface area contributed by atoms with Crippen LogP contribution < -0.4 is 0 Å². The second-order valence-corrected chi connectivity index (χ2v) is 5.11. The number of benzene rings is 1. The Labute approximate surface area is 99.2 Å². The van der Waals surface area contributed by atoms with Gasteiger partial charge in [-0.15, -0.1) is 0 Å². The molecule has 1 heterocycles. The predicted molar refractivity (Wildman–Crippen MR) is 59.7 cm³/mol. The second-order valence-electron chi connectivity index (χ2n) is 3.50. The molecule has 0 N–H and O–H groups in total. The van der Waals surface area contributed by atoms with Crippen LogP contribution in [0, 0.1) is 6.92 Å². The smallest absolute Gasteiger partial charge is 0.297 e. The maximum absolute atomic E-state index is 11.8. The highest BCUT2D eigenvalue weighted by Gasteiger charge is 2.15. The Balaban J connectivity index is 2.11. The van der Waals surface area contributed by atoms with Crippen molar-refractivity contribution in [2.45, 2.75) is 18.4 Å². The molecule has 0 atom stereocenters. The molecule has 0 radical (unpaired) electrons. The molecule has 0 aliphatic heterocycles. The summed E-state index contributed by atoms with van der Waals surface area (Å²) < 4.78 is 33.2. The van der Waals surface area contributed by atoms with Crippen molar-refractivity contribution in [1.29, 1.82) is 0 Å². The molecule has 1 aromatic heterocycles. The highest BCUT2D eigenvalue weighted by atomic mass is 32.2. The number of rotatable bonds is 4. The van der Waals surface area contributed by atoms with Gasteiger partial charge in [0.1, 0.15) is 6.61 Å². The van der Waals surface area contributed by atoms with Gasteiger partial charge in [0.15, 0.2) is 12.2 Å². The molecule has 0 bridgehead atoms. The Hall–Kier alpha value is -1.66. The maximum atomic E-state index is 11.8. The van der Waals surface area contributed by atoms with E-state index in [0.717, 1.165) is 5.56 Å². The molecule has 17 heavy (non-hydrogen) atoms. The average molecular weight is 253 g/mol.